The highest BCUT2D eigenvalue weighted by Gasteiger charge is 2.35. The van der Waals surface area contributed by atoms with Crippen molar-refractivity contribution in [3.63, 3.8) is 0 Å². The van der Waals surface area contributed by atoms with E-state index in [9.17, 15) is 17.6 Å². The molecule has 1 aliphatic rings. The molecule has 1 heterocycles. The molecular formula is C12H13F4NS. The molecule has 1 aromatic carbocycles. The van der Waals surface area contributed by atoms with E-state index < -0.39 is 17.6 Å². The molecule has 1 N–H and O–H groups in total. The minimum Gasteiger partial charge on any atom is -0.301 e. The number of rotatable bonds is 1. The van der Waals surface area contributed by atoms with Gasteiger partial charge in [0.15, 0.2) is 0 Å². The van der Waals surface area contributed by atoms with Crippen molar-refractivity contribution >= 4 is 11.8 Å². The van der Waals surface area contributed by atoms with E-state index in [1.54, 1.807) is 11.8 Å². The molecule has 6 heteroatoms. The van der Waals surface area contributed by atoms with Gasteiger partial charge in [0.05, 0.1) is 10.9 Å². The van der Waals surface area contributed by atoms with Gasteiger partial charge in [0, 0.05) is 0 Å². The Labute approximate surface area is 107 Å². The van der Waals surface area contributed by atoms with Gasteiger partial charge in [-0.1, -0.05) is 13.0 Å². The average molecular weight is 279 g/mol. The highest BCUT2D eigenvalue weighted by molar-refractivity contribution is 7.99. The molecule has 2 rings (SSSR count). The molecule has 1 nitrogen and oxygen atoms in total. The SMILES string of the molecule is CC1CNC(c2ccc(F)c(C(F)(F)F)c2)SC1. The third kappa shape index (κ3) is 2.98. The zero-order chi connectivity index (χ0) is 13.3. The van der Waals surface area contributed by atoms with Crippen LogP contribution in [0.25, 0.3) is 0 Å². The first-order valence-electron chi connectivity index (χ1n) is 5.59. The summed E-state index contributed by atoms with van der Waals surface area (Å²) in [6, 6.07) is 3.19. The molecule has 0 saturated carbocycles. The molecule has 0 aromatic heterocycles. The van der Waals surface area contributed by atoms with Crippen molar-refractivity contribution in [3.05, 3.63) is 35.1 Å². The van der Waals surface area contributed by atoms with Crippen molar-refractivity contribution < 1.29 is 17.6 Å². The number of benzene rings is 1. The first-order chi connectivity index (χ1) is 8.38. The van der Waals surface area contributed by atoms with Gasteiger partial charge < -0.3 is 5.32 Å². The molecule has 0 bridgehead atoms. The van der Waals surface area contributed by atoms with Gasteiger partial charge in [-0.15, -0.1) is 11.8 Å². The molecular weight excluding hydrogens is 266 g/mol. The molecule has 1 aromatic rings. The van der Waals surface area contributed by atoms with E-state index in [1.165, 1.54) is 6.07 Å². The van der Waals surface area contributed by atoms with Gasteiger partial charge in [0.2, 0.25) is 0 Å². The van der Waals surface area contributed by atoms with Crippen LogP contribution in [0.2, 0.25) is 0 Å². The Morgan fingerprint density at radius 2 is 2.06 bits per heavy atom. The summed E-state index contributed by atoms with van der Waals surface area (Å²) >= 11 is 1.55. The van der Waals surface area contributed by atoms with Gasteiger partial charge in [-0.25, -0.2) is 4.39 Å². The Kier molecular flexibility index (Phi) is 3.87. The number of thioether (sulfide) groups is 1. The average Bonchev–Trinajstić information content (AvgIpc) is 2.29. The predicted molar refractivity (Wildman–Crippen MR) is 63.8 cm³/mol. The Morgan fingerprint density at radius 3 is 2.61 bits per heavy atom. The first kappa shape index (κ1) is 13.7. The maximum atomic E-state index is 13.1. The van der Waals surface area contributed by atoms with Crippen molar-refractivity contribution in [3.8, 4) is 0 Å². The van der Waals surface area contributed by atoms with Gasteiger partial charge in [-0.2, -0.15) is 13.2 Å². The van der Waals surface area contributed by atoms with Gasteiger partial charge in [0.25, 0.3) is 0 Å². The normalized spacial score (nSPS) is 25.2. The zero-order valence-electron chi connectivity index (χ0n) is 9.72. The van der Waals surface area contributed by atoms with E-state index in [1.807, 2.05) is 0 Å². The highest BCUT2D eigenvalue weighted by atomic mass is 32.2. The standard InChI is InChI=1S/C12H13F4NS/c1-7-5-17-11(18-6-7)8-2-3-10(13)9(4-8)12(14,15)16/h2-4,7,11,17H,5-6H2,1H3. The first-order valence-corrected chi connectivity index (χ1v) is 6.64. The van der Waals surface area contributed by atoms with Crippen LogP contribution in [-0.2, 0) is 6.18 Å². The summed E-state index contributed by atoms with van der Waals surface area (Å²) in [6.07, 6.45) is -4.65. The minimum atomic E-state index is -4.65. The van der Waals surface area contributed by atoms with Gasteiger partial charge in [0.1, 0.15) is 5.82 Å². The Bertz CT molecular complexity index is 425. The molecule has 0 spiro atoms. The van der Waals surface area contributed by atoms with Gasteiger partial charge >= 0.3 is 6.18 Å². The predicted octanol–water partition coefficient (Wildman–Crippen LogP) is 3.82. The van der Waals surface area contributed by atoms with Crippen molar-refractivity contribution in [2.24, 2.45) is 5.92 Å². The summed E-state index contributed by atoms with van der Waals surface area (Å²) in [7, 11) is 0. The largest absolute Gasteiger partial charge is 0.419 e. The molecule has 1 aliphatic heterocycles. The molecule has 0 radical (unpaired) electrons. The Morgan fingerprint density at radius 1 is 1.33 bits per heavy atom. The monoisotopic (exact) mass is 279 g/mol. The fourth-order valence-electron chi connectivity index (χ4n) is 1.82. The quantitative estimate of drug-likeness (QED) is 0.784. The molecule has 100 valence electrons. The third-order valence-electron chi connectivity index (χ3n) is 2.80. The Balaban J connectivity index is 2.24. The van der Waals surface area contributed by atoms with E-state index in [-0.39, 0.29) is 5.37 Å². The Hall–Kier alpha value is -0.750. The van der Waals surface area contributed by atoms with Crippen LogP contribution in [0.3, 0.4) is 0 Å². The van der Waals surface area contributed by atoms with E-state index in [2.05, 4.69) is 12.2 Å². The number of hydrogen-bond donors (Lipinski definition) is 1. The molecule has 2 atom stereocenters. The maximum Gasteiger partial charge on any atom is 0.419 e. The van der Waals surface area contributed by atoms with Gasteiger partial charge in [-0.05, 0) is 35.9 Å². The topological polar surface area (TPSA) is 12.0 Å². The summed E-state index contributed by atoms with van der Waals surface area (Å²) in [6.45, 7) is 2.83. The van der Waals surface area contributed by atoms with Crippen LogP contribution in [-0.4, -0.2) is 12.3 Å². The molecule has 0 aliphatic carbocycles. The number of hydrogen-bond acceptors (Lipinski definition) is 2. The lowest BCUT2D eigenvalue weighted by atomic mass is 10.1. The van der Waals surface area contributed by atoms with Crippen LogP contribution in [0.4, 0.5) is 17.6 Å². The molecule has 0 amide bonds. The lowest BCUT2D eigenvalue weighted by molar-refractivity contribution is -0.140. The van der Waals surface area contributed by atoms with Crippen LogP contribution in [0.5, 0.6) is 0 Å². The van der Waals surface area contributed by atoms with E-state index in [0.717, 1.165) is 24.4 Å². The molecule has 1 fully saturated rings. The summed E-state index contributed by atoms with van der Waals surface area (Å²) in [5.41, 5.74) is -0.721. The van der Waals surface area contributed by atoms with E-state index >= 15 is 0 Å². The minimum absolute atomic E-state index is 0.192. The summed E-state index contributed by atoms with van der Waals surface area (Å²) in [5, 5.41) is 2.96. The summed E-state index contributed by atoms with van der Waals surface area (Å²) in [4.78, 5) is 0. The van der Waals surface area contributed by atoms with Crippen LogP contribution in [0, 0.1) is 11.7 Å². The van der Waals surface area contributed by atoms with Crippen LogP contribution >= 0.6 is 11.8 Å². The fraction of sp³-hybridized carbons (Fsp3) is 0.500. The molecule has 2 unspecified atom stereocenters. The smallest absolute Gasteiger partial charge is 0.301 e. The molecule has 1 saturated heterocycles. The highest BCUT2D eigenvalue weighted by Crippen LogP contribution is 2.36. The number of alkyl halides is 3. The van der Waals surface area contributed by atoms with Crippen molar-refractivity contribution in [2.45, 2.75) is 18.5 Å². The summed E-state index contributed by atoms with van der Waals surface area (Å²) < 4.78 is 50.9. The molecule has 18 heavy (non-hydrogen) atoms. The maximum absolute atomic E-state index is 13.1. The van der Waals surface area contributed by atoms with E-state index in [4.69, 9.17) is 0 Å². The van der Waals surface area contributed by atoms with E-state index in [0.29, 0.717) is 11.5 Å². The number of nitrogens with one attached hydrogen (secondary N) is 1. The zero-order valence-corrected chi connectivity index (χ0v) is 10.5. The second-order valence-electron chi connectivity index (χ2n) is 4.46. The van der Waals surface area contributed by atoms with Crippen LogP contribution < -0.4 is 5.32 Å². The third-order valence-corrected chi connectivity index (χ3v) is 4.33. The van der Waals surface area contributed by atoms with Crippen LogP contribution in [0.15, 0.2) is 18.2 Å². The lowest BCUT2D eigenvalue weighted by Gasteiger charge is -2.28. The van der Waals surface area contributed by atoms with Gasteiger partial charge in [-0.3, -0.25) is 0 Å². The lowest BCUT2D eigenvalue weighted by Crippen LogP contribution is -2.31. The fourth-order valence-corrected chi connectivity index (χ4v) is 3.02. The van der Waals surface area contributed by atoms with Crippen molar-refractivity contribution in [1.29, 1.82) is 0 Å². The summed E-state index contributed by atoms with van der Waals surface area (Å²) in [5.74, 6) is 0.158. The second kappa shape index (κ2) is 5.09. The van der Waals surface area contributed by atoms with Crippen LogP contribution in [0.1, 0.15) is 23.4 Å². The number of halogens is 4. The van der Waals surface area contributed by atoms with Crippen molar-refractivity contribution in [2.75, 3.05) is 12.3 Å². The second-order valence-corrected chi connectivity index (χ2v) is 5.60. The van der Waals surface area contributed by atoms with Crippen molar-refractivity contribution in [1.82, 2.24) is 5.32 Å².